The maximum absolute atomic E-state index is 14.0. The van der Waals surface area contributed by atoms with Crippen LogP contribution in [-0.4, -0.2) is 65.4 Å². The van der Waals surface area contributed by atoms with Crippen molar-refractivity contribution in [3.05, 3.63) is 65.7 Å². The Bertz CT molecular complexity index is 1100. The third-order valence-corrected chi connectivity index (χ3v) is 7.98. The normalized spacial score (nSPS) is 23.1. The monoisotopic (exact) mass is 491 g/mol. The molecule has 0 aliphatic carbocycles. The van der Waals surface area contributed by atoms with Crippen LogP contribution in [0.1, 0.15) is 17.2 Å². The summed E-state index contributed by atoms with van der Waals surface area (Å²) in [5, 5.41) is 0. The highest BCUT2D eigenvalue weighted by molar-refractivity contribution is 7.89. The molecule has 4 atom stereocenters. The van der Waals surface area contributed by atoms with E-state index < -0.39 is 52.2 Å². The van der Waals surface area contributed by atoms with Gasteiger partial charge in [-0.25, -0.2) is 8.42 Å². The molecule has 34 heavy (non-hydrogen) atoms. The van der Waals surface area contributed by atoms with Crippen LogP contribution < -0.4 is 0 Å². The molecule has 1 aliphatic heterocycles. The van der Waals surface area contributed by atoms with E-state index in [1.54, 1.807) is 42.5 Å². The minimum absolute atomic E-state index is 0.0245. The molecule has 10 heteroatoms. The smallest absolute Gasteiger partial charge is 0.324 e. The lowest BCUT2D eigenvalue weighted by molar-refractivity contribution is -0.174. The highest BCUT2D eigenvalue weighted by atomic mass is 32.2. The van der Waals surface area contributed by atoms with Gasteiger partial charge in [0.1, 0.15) is 6.04 Å². The second-order valence-corrected chi connectivity index (χ2v) is 9.78. The van der Waals surface area contributed by atoms with Gasteiger partial charge >= 0.3 is 11.9 Å². The molecular formula is C24H29NO8S. The summed E-state index contributed by atoms with van der Waals surface area (Å²) in [6.45, 7) is 1.83. The van der Waals surface area contributed by atoms with Crippen molar-refractivity contribution in [2.24, 2.45) is 11.8 Å². The van der Waals surface area contributed by atoms with Crippen molar-refractivity contribution < 1.29 is 37.0 Å². The van der Waals surface area contributed by atoms with Crippen molar-refractivity contribution >= 4 is 22.0 Å². The molecule has 0 N–H and O–H groups in total. The van der Waals surface area contributed by atoms with E-state index >= 15 is 0 Å². The number of methoxy groups -OCH3 is 4. The van der Waals surface area contributed by atoms with Gasteiger partial charge in [0, 0.05) is 14.2 Å². The molecule has 1 fully saturated rings. The van der Waals surface area contributed by atoms with Gasteiger partial charge in [-0.2, -0.15) is 4.31 Å². The molecule has 2 aromatic carbocycles. The fraction of sp³-hybridized carbons (Fsp3) is 0.417. The molecule has 1 heterocycles. The first-order valence-corrected chi connectivity index (χ1v) is 12.0. The van der Waals surface area contributed by atoms with Crippen molar-refractivity contribution in [1.82, 2.24) is 4.31 Å². The van der Waals surface area contributed by atoms with Crippen molar-refractivity contribution in [3.8, 4) is 0 Å². The number of esters is 2. The minimum atomic E-state index is -4.30. The fourth-order valence-corrected chi connectivity index (χ4v) is 6.38. The summed E-state index contributed by atoms with van der Waals surface area (Å²) in [6, 6.07) is 12.4. The van der Waals surface area contributed by atoms with Crippen LogP contribution in [0.5, 0.6) is 0 Å². The zero-order valence-corrected chi connectivity index (χ0v) is 20.5. The predicted molar refractivity (Wildman–Crippen MR) is 122 cm³/mol. The first kappa shape index (κ1) is 25.8. The van der Waals surface area contributed by atoms with Crippen molar-refractivity contribution in [3.63, 3.8) is 0 Å². The summed E-state index contributed by atoms with van der Waals surface area (Å²) >= 11 is 0. The number of sulfonamides is 1. The van der Waals surface area contributed by atoms with Crippen molar-refractivity contribution in [2.45, 2.75) is 30.2 Å². The molecule has 0 saturated carbocycles. The largest absolute Gasteiger partial charge is 0.469 e. The molecule has 184 valence electrons. The lowest BCUT2D eigenvalue weighted by Crippen LogP contribution is -2.48. The Balaban J connectivity index is 2.35. The summed E-state index contributed by atoms with van der Waals surface area (Å²) in [5.74, 6) is -3.72. The number of carbonyl (C=O) groups excluding carboxylic acids is 2. The van der Waals surface area contributed by atoms with E-state index in [9.17, 15) is 18.0 Å². The van der Waals surface area contributed by atoms with Gasteiger partial charge in [0.25, 0.3) is 0 Å². The summed E-state index contributed by atoms with van der Waals surface area (Å²) in [4.78, 5) is 26.3. The van der Waals surface area contributed by atoms with Crippen LogP contribution in [0.3, 0.4) is 0 Å². The number of carbonyl (C=O) groups is 2. The molecule has 9 nitrogen and oxygen atoms in total. The third kappa shape index (κ3) is 4.58. The summed E-state index contributed by atoms with van der Waals surface area (Å²) < 4.78 is 50.1. The van der Waals surface area contributed by atoms with Crippen LogP contribution in [0.2, 0.25) is 0 Å². The van der Waals surface area contributed by atoms with Gasteiger partial charge in [-0.05, 0) is 24.6 Å². The van der Waals surface area contributed by atoms with E-state index in [4.69, 9.17) is 18.9 Å². The predicted octanol–water partition coefficient (Wildman–Crippen LogP) is 2.31. The number of hydrogen-bond donors (Lipinski definition) is 0. The summed E-state index contributed by atoms with van der Waals surface area (Å²) in [5.41, 5.74) is 1.38. The molecule has 0 aromatic heterocycles. The maximum atomic E-state index is 14.0. The van der Waals surface area contributed by atoms with Crippen LogP contribution in [0.15, 0.2) is 59.5 Å². The van der Waals surface area contributed by atoms with Gasteiger partial charge < -0.3 is 18.9 Å². The van der Waals surface area contributed by atoms with Crippen LogP contribution in [-0.2, 0) is 38.6 Å². The number of benzene rings is 2. The molecule has 0 amide bonds. The fourth-order valence-electron chi connectivity index (χ4n) is 4.58. The second-order valence-electron chi connectivity index (χ2n) is 7.94. The van der Waals surface area contributed by atoms with Gasteiger partial charge in [0.2, 0.25) is 10.0 Å². The highest BCUT2D eigenvalue weighted by Crippen LogP contribution is 2.50. The average Bonchev–Trinajstić information content (AvgIpc) is 3.21. The molecule has 0 radical (unpaired) electrons. The molecule has 3 rings (SSSR count). The number of aryl methyl sites for hydroxylation is 1. The number of rotatable bonds is 8. The van der Waals surface area contributed by atoms with E-state index in [1.165, 1.54) is 33.5 Å². The Kier molecular flexibility index (Phi) is 8.09. The van der Waals surface area contributed by atoms with E-state index in [2.05, 4.69) is 0 Å². The van der Waals surface area contributed by atoms with Crippen molar-refractivity contribution in [1.29, 1.82) is 0 Å². The molecule has 1 unspecified atom stereocenters. The van der Waals surface area contributed by atoms with E-state index in [0.717, 1.165) is 17.0 Å². The average molecular weight is 492 g/mol. The van der Waals surface area contributed by atoms with Crippen LogP contribution >= 0.6 is 0 Å². The minimum Gasteiger partial charge on any atom is -0.469 e. The highest BCUT2D eigenvalue weighted by Gasteiger charge is 2.63. The standard InChI is InChI=1S/C24H29NO8S/c1-15-11-13-17(14-12-15)34(28,29)25-20(16-9-7-6-8-10-16)18(22(26)30-2)19(24(32-4)33-5)21(25)23(27)31-3/h6-14,18-21,24H,1-5H3/t18-,19?,20-,21-/m0/s1. The first-order valence-electron chi connectivity index (χ1n) is 10.6. The van der Waals surface area contributed by atoms with Crippen LogP contribution in [0, 0.1) is 18.8 Å². The Morgan fingerprint density at radius 2 is 1.41 bits per heavy atom. The topological polar surface area (TPSA) is 108 Å². The number of hydrogen-bond acceptors (Lipinski definition) is 8. The SMILES string of the molecule is COC(=O)[C@@H]1C(C(OC)OC)[C@H](C(=O)OC)[C@H](c2ccccc2)N1S(=O)(=O)c1ccc(C)cc1. The Morgan fingerprint density at radius 3 is 1.91 bits per heavy atom. The molecule has 2 aromatic rings. The Morgan fingerprint density at radius 1 is 0.853 bits per heavy atom. The van der Waals surface area contributed by atoms with Gasteiger partial charge in [-0.3, -0.25) is 9.59 Å². The van der Waals surface area contributed by atoms with E-state index in [-0.39, 0.29) is 4.90 Å². The third-order valence-electron chi connectivity index (χ3n) is 6.10. The zero-order valence-electron chi connectivity index (χ0n) is 19.7. The Labute approximate surface area is 199 Å². The van der Waals surface area contributed by atoms with Gasteiger partial charge in [-0.1, -0.05) is 48.0 Å². The van der Waals surface area contributed by atoms with Gasteiger partial charge in [0.05, 0.1) is 37.0 Å². The summed E-state index contributed by atoms with van der Waals surface area (Å²) in [7, 11) is 0.773. The second kappa shape index (κ2) is 10.6. The van der Waals surface area contributed by atoms with Crippen molar-refractivity contribution in [2.75, 3.05) is 28.4 Å². The zero-order chi connectivity index (χ0) is 25.0. The lowest BCUT2D eigenvalue weighted by Gasteiger charge is -2.30. The first-order chi connectivity index (χ1) is 16.2. The number of nitrogens with zero attached hydrogens (tertiary/aromatic N) is 1. The molecular weight excluding hydrogens is 462 g/mol. The lowest BCUT2D eigenvalue weighted by atomic mass is 9.83. The quantitative estimate of drug-likeness (QED) is 0.409. The molecule has 0 bridgehead atoms. The molecule has 1 aliphatic rings. The van der Waals surface area contributed by atoms with E-state index in [1.807, 2.05) is 6.92 Å². The Hall–Kier alpha value is -2.79. The summed E-state index contributed by atoms with van der Waals surface area (Å²) in [6.07, 6.45) is -1.10. The maximum Gasteiger partial charge on any atom is 0.324 e. The molecule has 1 saturated heterocycles. The van der Waals surface area contributed by atoms with Gasteiger partial charge in [0.15, 0.2) is 6.29 Å². The molecule has 0 spiro atoms. The van der Waals surface area contributed by atoms with E-state index in [0.29, 0.717) is 5.56 Å². The van der Waals surface area contributed by atoms with Crippen LogP contribution in [0.25, 0.3) is 0 Å². The van der Waals surface area contributed by atoms with Gasteiger partial charge in [-0.15, -0.1) is 0 Å². The number of ether oxygens (including phenoxy) is 4. The van der Waals surface area contributed by atoms with Crippen LogP contribution in [0.4, 0.5) is 0 Å².